The van der Waals surface area contributed by atoms with Gasteiger partial charge in [-0.2, -0.15) is 12.6 Å². The van der Waals surface area contributed by atoms with E-state index in [4.69, 9.17) is 10.8 Å². The average Bonchev–Trinajstić information content (AvgIpc) is 2.14. The molecule has 0 unspecified atom stereocenters. The van der Waals surface area contributed by atoms with E-state index in [1.54, 1.807) is 0 Å². The highest BCUT2D eigenvalue weighted by Crippen LogP contribution is 1.84. The van der Waals surface area contributed by atoms with Crippen LogP contribution in [0.15, 0.2) is 0 Å². The first-order valence-corrected chi connectivity index (χ1v) is 4.45. The van der Waals surface area contributed by atoms with Gasteiger partial charge in [-0.15, -0.1) is 12.6 Å². The Hall–Kier alpha value is -0.240. The van der Waals surface area contributed by atoms with Crippen molar-refractivity contribution in [3.8, 4) is 0 Å². The second kappa shape index (κ2) is 11.8. The van der Waals surface area contributed by atoms with E-state index in [-0.39, 0.29) is 19.0 Å². The molecule has 0 fully saturated rings. The van der Waals surface area contributed by atoms with Crippen molar-refractivity contribution in [2.45, 2.75) is 0 Å². The summed E-state index contributed by atoms with van der Waals surface area (Å²) >= 11 is 6.98. The Bertz CT molecular complexity index is 152. The lowest BCUT2D eigenvalue weighted by molar-refractivity contribution is -0.143. The fourth-order valence-corrected chi connectivity index (χ4v) is 0.344. The lowest BCUT2D eigenvalue weighted by Crippen LogP contribution is -2.10. The van der Waals surface area contributed by atoms with E-state index in [1.807, 2.05) is 0 Å². The van der Waals surface area contributed by atoms with Crippen LogP contribution in [0.4, 0.5) is 0 Å². The Morgan fingerprint density at radius 3 is 2.15 bits per heavy atom. The van der Waals surface area contributed by atoms with Crippen LogP contribution in [0.2, 0.25) is 0 Å². The first kappa shape index (κ1) is 15.2. The number of ether oxygens (including phenoxy) is 1. The van der Waals surface area contributed by atoms with Crippen LogP contribution in [-0.4, -0.2) is 41.7 Å². The number of hydrogen-bond acceptors (Lipinski definition) is 6. The highest BCUT2D eigenvalue weighted by atomic mass is 32.1. The summed E-state index contributed by atoms with van der Waals surface area (Å²) in [7, 11) is 0. The zero-order valence-corrected chi connectivity index (χ0v) is 8.76. The second-order valence-electron chi connectivity index (χ2n) is 1.72. The average molecular weight is 227 g/mol. The number of carbonyl (C=O) groups excluding carboxylic acids is 2. The van der Waals surface area contributed by atoms with Gasteiger partial charge in [0.2, 0.25) is 5.12 Å². The van der Waals surface area contributed by atoms with Crippen molar-refractivity contribution >= 4 is 36.3 Å². The van der Waals surface area contributed by atoms with Crippen LogP contribution in [-0.2, 0) is 14.3 Å². The van der Waals surface area contributed by atoms with E-state index >= 15 is 0 Å². The summed E-state index contributed by atoms with van der Waals surface area (Å²) < 4.78 is 4.31. The molecule has 0 aromatic heterocycles. The second-order valence-corrected chi connectivity index (χ2v) is 2.54. The molecule has 0 saturated heterocycles. The molecule has 0 aromatic carbocycles. The van der Waals surface area contributed by atoms with Gasteiger partial charge in [-0.25, -0.2) is 0 Å². The number of nitrogens with two attached hydrogens (primary N) is 1. The van der Waals surface area contributed by atoms with Gasteiger partial charge in [0.05, 0.1) is 12.4 Å². The number of thiol groups is 2. The molecule has 0 aliphatic rings. The van der Waals surface area contributed by atoms with Crippen LogP contribution in [0.25, 0.3) is 0 Å². The van der Waals surface area contributed by atoms with Gasteiger partial charge in [-0.1, -0.05) is 0 Å². The topological polar surface area (TPSA) is 89.6 Å². The molecule has 3 N–H and O–H groups in total. The summed E-state index contributed by atoms with van der Waals surface area (Å²) in [6, 6.07) is 0. The molecule has 13 heavy (non-hydrogen) atoms. The SMILES string of the molecule is NCCO.O=C(S)COC(=O)CS. The third-order valence-corrected chi connectivity index (χ3v) is 1.00. The maximum Gasteiger partial charge on any atom is 0.316 e. The first-order valence-electron chi connectivity index (χ1n) is 3.37. The third kappa shape index (κ3) is 18.6. The van der Waals surface area contributed by atoms with Gasteiger partial charge in [-0.05, 0) is 0 Å². The molecule has 0 bridgehead atoms. The van der Waals surface area contributed by atoms with Crippen molar-refractivity contribution in [3.63, 3.8) is 0 Å². The molecule has 0 amide bonds. The molecular formula is C6H13NO4S2. The van der Waals surface area contributed by atoms with E-state index in [2.05, 4.69) is 30.0 Å². The predicted molar refractivity (Wildman–Crippen MR) is 54.9 cm³/mol. The molecule has 7 heteroatoms. The number of esters is 1. The normalized spacial score (nSPS) is 8.31. The minimum absolute atomic E-state index is 0.0128. The maximum atomic E-state index is 10.2. The van der Waals surface area contributed by atoms with E-state index < -0.39 is 11.1 Å². The Balaban J connectivity index is 0. The molecule has 0 rings (SSSR count). The molecule has 0 radical (unpaired) electrons. The Morgan fingerprint density at radius 2 is 1.92 bits per heavy atom. The number of rotatable bonds is 4. The summed E-state index contributed by atoms with van der Waals surface area (Å²) in [5.74, 6) is -0.526. The highest BCUT2D eigenvalue weighted by molar-refractivity contribution is 7.96. The fourth-order valence-electron chi connectivity index (χ4n) is 0.188. The number of aliphatic hydroxyl groups excluding tert-OH is 1. The number of hydrogen-bond donors (Lipinski definition) is 4. The molecule has 0 atom stereocenters. The summed E-state index contributed by atoms with van der Waals surface area (Å²) in [5, 5.41) is 7.28. The van der Waals surface area contributed by atoms with Crippen LogP contribution in [0, 0.1) is 0 Å². The third-order valence-electron chi connectivity index (χ3n) is 0.615. The van der Waals surface area contributed by atoms with Crippen molar-refractivity contribution in [1.29, 1.82) is 0 Å². The molecule has 0 spiro atoms. The molecule has 0 saturated carbocycles. The van der Waals surface area contributed by atoms with E-state index in [1.165, 1.54) is 0 Å². The van der Waals surface area contributed by atoms with Crippen LogP contribution in [0.3, 0.4) is 0 Å². The van der Waals surface area contributed by atoms with Gasteiger partial charge in [0.25, 0.3) is 0 Å². The molecule has 0 aromatic rings. The fraction of sp³-hybridized carbons (Fsp3) is 0.667. The maximum absolute atomic E-state index is 10.2. The predicted octanol–water partition coefficient (Wildman–Crippen LogP) is -1.15. The Labute approximate surface area is 87.5 Å². The first-order chi connectivity index (χ1) is 6.08. The van der Waals surface area contributed by atoms with Crippen LogP contribution in [0.1, 0.15) is 0 Å². The summed E-state index contributed by atoms with van der Waals surface area (Å²) in [5.41, 5.74) is 4.78. The summed E-state index contributed by atoms with van der Waals surface area (Å²) in [6.45, 7) is 0.197. The lowest BCUT2D eigenvalue weighted by atomic mass is 10.7. The largest absolute Gasteiger partial charge is 0.456 e. The van der Waals surface area contributed by atoms with Gasteiger partial charge >= 0.3 is 5.97 Å². The van der Waals surface area contributed by atoms with Crippen molar-refractivity contribution in [2.24, 2.45) is 5.73 Å². The zero-order valence-electron chi connectivity index (χ0n) is 6.97. The van der Waals surface area contributed by atoms with E-state index in [0.717, 1.165) is 0 Å². The van der Waals surface area contributed by atoms with Gasteiger partial charge in [0, 0.05) is 6.54 Å². The minimum atomic E-state index is -0.513. The molecular weight excluding hydrogens is 214 g/mol. The summed E-state index contributed by atoms with van der Waals surface area (Å²) in [6.07, 6.45) is 0. The standard InChI is InChI=1S/C4H6O3S2.C2H7NO/c5-3(2-8)7-1-4(6)9;3-1-2-4/h8H,1-2H2,(H,6,9);4H,1-3H2. The van der Waals surface area contributed by atoms with Gasteiger partial charge < -0.3 is 15.6 Å². The van der Waals surface area contributed by atoms with Crippen molar-refractivity contribution < 1.29 is 19.4 Å². The van der Waals surface area contributed by atoms with Crippen molar-refractivity contribution in [2.75, 3.05) is 25.5 Å². The van der Waals surface area contributed by atoms with Crippen molar-refractivity contribution in [1.82, 2.24) is 0 Å². The van der Waals surface area contributed by atoms with E-state index in [9.17, 15) is 9.59 Å². The van der Waals surface area contributed by atoms with Crippen LogP contribution < -0.4 is 5.73 Å². The minimum Gasteiger partial charge on any atom is -0.456 e. The Kier molecular flexibility index (Phi) is 13.8. The van der Waals surface area contributed by atoms with Crippen molar-refractivity contribution in [3.05, 3.63) is 0 Å². The molecule has 78 valence electrons. The molecule has 5 nitrogen and oxygen atoms in total. The number of carbonyl (C=O) groups is 2. The quantitative estimate of drug-likeness (QED) is 0.360. The zero-order chi connectivity index (χ0) is 10.7. The van der Waals surface area contributed by atoms with Crippen LogP contribution >= 0.6 is 25.3 Å². The Morgan fingerprint density at radius 1 is 1.46 bits per heavy atom. The van der Waals surface area contributed by atoms with Gasteiger partial charge in [0.15, 0.2) is 6.61 Å². The smallest absolute Gasteiger partial charge is 0.316 e. The van der Waals surface area contributed by atoms with Gasteiger partial charge in [0.1, 0.15) is 0 Å². The lowest BCUT2D eigenvalue weighted by Gasteiger charge is -1.95. The summed E-state index contributed by atoms with van der Waals surface area (Å²) in [4.78, 5) is 20.3. The van der Waals surface area contributed by atoms with E-state index in [0.29, 0.717) is 6.54 Å². The number of aliphatic hydroxyl groups is 1. The monoisotopic (exact) mass is 227 g/mol. The van der Waals surface area contributed by atoms with Crippen LogP contribution in [0.5, 0.6) is 0 Å². The van der Waals surface area contributed by atoms with Gasteiger partial charge in [-0.3, -0.25) is 9.59 Å². The molecule has 0 aliphatic carbocycles. The highest BCUT2D eigenvalue weighted by Gasteiger charge is 1.99. The molecule has 0 heterocycles. The molecule has 0 aliphatic heterocycles.